The summed E-state index contributed by atoms with van der Waals surface area (Å²) in [6, 6.07) is 8.30. The van der Waals surface area contributed by atoms with E-state index in [2.05, 4.69) is 30.4 Å². The molecule has 0 saturated heterocycles. The quantitative estimate of drug-likeness (QED) is 0.780. The van der Waals surface area contributed by atoms with Gasteiger partial charge in [0, 0.05) is 6.42 Å². The van der Waals surface area contributed by atoms with Crippen LogP contribution < -0.4 is 10.4 Å². The van der Waals surface area contributed by atoms with Crippen LogP contribution in [0, 0.1) is 0 Å². The molecule has 2 nitrogen and oxygen atoms in total. The first-order chi connectivity index (χ1) is 9.24. The van der Waals surface area contributed by atoms with Gasteiger partial charge in [0.2, 0.25) is 0 Å². The minimum Gasteiger partial charge on any atom is -0.508 e. The van der Waals surface area contributed by atoms with Crippen molar-refractivity contribution in [2.24, 2.45) is 0 Å². The molecule has 2 aliphatic carbocycles. The SMILES string of the molecule is Br.OC1=C(O)Cc2ccc3ccc4c(c3c2=C1)C=CC=4. The van der Waals surface area contributed by atoms with Crippen molar-refractivity contribution < 1.29 is 10.2 Å². The largest absolute Gasteiger partial charge is 0.508 e. The molecule has 3 heteroatoms. The summed E-state index contributed by atoms with van der Waals surface area (Å²) in [6.45, 7) is 0. The Morgan fingerprint density at radius 3 is 2.65 bits per heavy atom. The molecule has 0 fully saturated rings. The molecule has 0 aliphatic heterocycles. The fourth-order valence-corrected chi connectivity index (χ4v) is 2.92. The predicted molar refractivity (Wildman–Crippen MR) is 87.5 cm³/mol. The van der Waals surface area contributed by atoms with Crippen LogP contribution in [0.25, 0.3) is 29.0 Å². The molecule has 0 spiro atoms. The number of hydrogen-bond donors (Lipinski definition) is 2. The molecule has 20 heavy (non-hydrogen) atoms. The van der Waals surface area contributed by atoms with Crippen LogP contribution in [0.2, 0.25) is 0 Å². The van der Waals surface area contributed by atoms with E-state index in [0.717, 1.165) is 21.6 Å². The first-order valence-electron chi connectivity index (χ1n) is 6.30. The van der Waals surface area contributed by atoms with Crippen LogP contribution in [0.15, 0.2) is 41.9 Å². The molecular formula is C17H13BrO2. The smallest absolute Gasteiger partial charge is 0.153 e. The third-order valence-electron chi connectivity index (χ3n) is 3.86. The molecule has 4 rings (SSSR count). The fourth-order valence-electron chi connectivity index (χ4n) is 2.92. The normalized spacial score (nSPS) is 15.2. The minimum absolute atomic E-state index is 0. The summed E-state index contributed by atoms with van der Waals surface area (Å²) in [5.74, 6) is 0.0186. The number of aliphatic hydroxyl groups excluding tert-OH is 2. The van der Waals surface area contributed by atoms with Gasteiger partial charge in [-0.15, -0.1) is 17.0 Å². The van der Waals surface area contributed by atoms with E-state index in [9.17, 15) is 10.2 Å². The molecule has 0 saturated carbocycles. The lowest BCUT2D eigenvalue weighted by Gasteiger charge is -2.13. The molecule has 2 aromatic rings. The van der Waals surface area contributed by atoms with Gasteiger partial charge in [-0.2, -0.15) is 0 Å². The van der Waals surface area contributed by atoms with Gasteiger partial charge < -0.3 is 10.2 Å². The second-order valence-electron chi connectivity index (χ2n) is 4.98. The lowest BCUT2D eigenvalue weighted by molar-refractivity contribution is 0.332. The van der Waals surface area contributed by atoms with Crippen LogP contribution in [-0.4, -0.2) is 10.2 Å². The Hall–Kier alpha value is -2.00. The van der Waals surface area contributed by atoms with Crippen molar-refractivity contribution in [1.82, 2.24) is 0 Å². The molecule has 0 heterocycles. The summed E-state index contributed by atoms with van der Waals surface area (Å²) in [5.41, 5.74) is 2.25. The third-order valence-corrected chi connectivity index (χ3v) is 3.86. The molecule has 0 radical (unpaired) electrons. The Balaban J connectivity index is 0.00000121. The van der Waals surface area contributed by atoms with Crippen LogP contribution in [-0.2, 0) is 6.42 Å². The van der Waals surface area contributed by atoms with Crippen LogP contribution in [0.5, 0.6) is 0 Å². The number of hydrogen-bond acceptors (Lipinski definition) is 2. The fraction of sp³-hybridized carbons (Fsp3) is 0.0588. The maximum atomic E-state index is 9.78. The van der Waals surface area contributed by atoms with Gasteiger partial charge in [0.25, 0.3) is 0 Å². The van der Waals surface area contributed by atoms with E-state index in [1.54, 1.807) is 6.08 Å². The van der Waals surface area contributed by atoms with Crippen molar-refractivity contribution in [3.8, 4) is 0 Å². The number of benzene rings is 2. The van der Waals surface area contributed by atoms with Gasteiger partial charge in [-0.1, -0.05) is 42.5 Å². The molecule has 2 aliphatic rings. The summed E-state index contributed by atoms with van der Waals surface area (Å²) in [5, 5.41) is 24.0. The molecule has 2 N–H and O–H groups in total. The average molecular weight is 329 g/mol. The van der Waals surface area contributed by atoms with E-state index in [4.69, 9.17) is 0 Å². The zero-order valence-electron chi connectivity index (χ0n) is 10.6. The van der Waals surface area contributed by atoms with E-state index >= 15 is 0 Å². The van der Waals surface area contributed by atoms with Crippen LogP contribution in [0.4, 0.5) is 0 Å². The van der Waals surface area contributed by atoms with Gasteiger partial charge in [0.1, 0.15) is 5.76 Å². The molecule has 0 amide bonds. The lowest BCUT2D eigenvalue weighted by Crippen LogP contribution is -2.19. The first-order valence-corrected chi connectivity index (χ1v) is 6.30. The first kappa shape index (κ1) is 13.0. The Bertz CT molecular complexity index is 905. The average Bonchev–Trinajstić information content (AvgIpc) is 2.88. The number of aliphatic hydroxyl groups is 2. The minimum atomic E-state index is -0.0245. The van der Waals surface area contributed by atoms with E-state index < -0.39 is 0 Å². The second kappa shape index (κ2) is 4.53. The zero-order valence-corrected chi connectivity index (χ0v) is 12.3. The molecule has 2 aromatic carbocycles. The van der Waals surface area contributed by atoms with Crippen molar-refractivity contribution >= 4 is 46.0 Å². The Morgan fingerprint density at radius 1 is 1.00 bits per heavy atom. The summed E-state index contributed by atoms with van der Waals surface area (Å²) in [7, 11) is 0. The highest BCUT2D eigenvalue weighted by Gasteiger charge is 2.14. The number of rotatable bonds is 0. The van der Waals surface area contributed by atoms with Gasteiger partial charge in [0.15, 0.2) is 5.76 Å². The maximum absolute atomic E-state index is 9.78. The van der Waals surface area contributed by atoms with Gasteiger partial charge in [-0.05, 0) is 38.4 Å². The highest BCUT2D eigenvalue weighted by atomic mass is 79.9. The van der Waals surface area contributed by atoms with Crippen molar-refractivity contribution in [1.29, 1.82) is 0 Å². The van der Waals surface area contributed by atoms with Crippen molar-refractivity contribution in [2.45, 2.75) is 6.42 Å². The van der Waals surface area contributed by atoms with Gasteiger partial charge in [0.05, 0.1) is 0 Å². The monoisotopic (exact) mass is 328 g/mol. The maximum Gasteiger partial charge on any atom is 0.153 e. The predicted octanol–water partition coefficient (Wildman–Crippen LogP) is 2.89. The van der Waals surface area contributed by atoms with Crippen LogP contribution >= 0.6 is 17.0 Å². The van der Waals surface area contributed by atoms with Crippen LogP contribution in [0.1, 0.15) is 11.1 Å². The zero-order chi connectivity index (χ0) is 13.0. The van der Waals surface area contributed by atoms with Crippen molar-refractivity contribution in [3.63, 3.8) is 0 Å². The number of fused-ring (bicyclic) bond motifs is 5. The highest BCUT2D eigenvalue weighted by molar-refractivity contribution is 8.93. The highest BCUT2D eigenvalue weighted by Crippen LogP contribution is 2.21. The molecule has 100 valence electrons. The molecule has 0 aromatic heterocycles. The summed E-state index contributed by atoms with van der Waals surface area (Å²) in [4.78, 5) is 0. The van der Waals surface area contributed by atoms with Crippen molar-refractivity contribution in [2.75, 3.05) is 0 Å². The summed E-state index contributed by atoms with van der Waals surface area (Å²) >= 11 is 0. The molecular weight excluding hydrogens is 316 g/mol. The van der Waals surface area contributed by atoms with Gasteiger partial charge >= 0.3 is 0 Å². The Labute approximate surface area is 126 Å². The summed E-state index contributed by atoms with van der Waals surface area (Å²) in [6.07, 6.45) is 8.29. The number of halogens is 1. The van der Waals surface area contributed by atoms with E-state index in [-0.39, 0.29) is 28.5 Å². The molecule has 0 bridgehead atoms. The van der Waals surface area contributed by atoms with Crippen molar-refractivity contribution in [3.05, 3.63) is 63.4 Å². The Morgan fingerprint density at radius 2 is 1.80 bits per heavy atom. The molecule has 0 atom stereocenters. The van der Waals surface area contributed by atoms with Crippen LogP contribution in [0.3, 0.4) is 0 Å². The van der Waals surface area contributed by atoms with Gasteiger partial charge in [-0.25, -0.2) is 0 Å². The van der Waals surface area contributed by atoms with E-state index in [1.165, 1.54) is 10.8 Å². The van der Waals surface area contributed by atoms with Gasteiger partial charge in [-0.3, -0.25) is 0 Å². The van der Waals surface area contributed by atoms with E-state index in [1.807, 2.05) is 12.1 Å². The Kier molecular flexibility index (Phi) is 2.94. The third kappa shape index (κ3) is 1.70. The number of allylic oxidation sites excluding steroid dienone is 3. The molecule has 0 unspecified atom stereocenters. The lowest BCUT2D eigenvalue weighted by atomic mass is 9.93. The summed E-state index contributed by atoms with van der Waals surface area (Å²) < 4.78 is 0. The topological polar surface area (TPSA) is 40.5 Å². The standard InChI is InChI=1S/C17H12O2.BrH/c18-15-8-12-7-6-11-5-4-10-2-1-3-13(10)17(11)14(12)9-16(15)19;/h1-7,9,18-19H,8H2;1H. The van der Waals surface area contributed by atoms with E-state index in [0.29, 0.717) is 6.42 Å². The second-order valence-corrected chi connectivity index (χ2v) is 4.98.